The van der Waals surface area contributed by atoms with E-state index in [9.17, 15) is 13.2 Å². The van der Waals surface area contributed by atoms with Crippen molar-refractivity contribution in [3.63, 3.8) is 0 Å². The maximum atomic E-state index is 14.0. The van der Waals surface area contributed by atoms with E-state index >= 15 is 0 Å². The summed E-state index contributed by atoms with van der Waals surface area (Å²) in [6.07, 6.45) is 1.50. The van der Waals surface area contributed by atoms with Gasteiger partial charge in [-0.2, -0.15) is 5.10 Å². The van der Waals surface area contributed by atoms with E-state index in [2.05, 4.69) is 10.5 Å². The second-order valence-electron chi connectivity index (χ2n) is 9.98. The van der Waals surface area contributed by atoms with Crippen LogP contribution in [0.5, 0.6) is 5.75 Å². The van der Waals surface area contributed by atoms with Gasteiger partial charge in [-0.05, 0) is 66.6 Å². The van der Waals surface area contributed by atoms with Gasteiger partial charge in [0.15, 0.2) is 0 Å². The van der Waals surface area contributed by atoms with Crippen molar-refractivity contribution in [2.45, 2.75) is 25.0 Å². The minimum Gasteiger partial charge on any atom is -0.488 e. The molecule has 0 unspecified atom stereocenters. The van der Waals surface area contributed by atoms with Crippen molar-refractivity contribution in [3.05, 3.63) is 160 Å². The highest BCUT2D eigenvalue weighted by Gasteiger charge is 2.28. The molecule has 0 bridgehead atoms. The number of carbonyl (C=O) groups excluding carboxylic acids is 1. The fraction of sp³-hybridized carbons (Fsp3) is 0.0857. The van der Waals surface area contributed by atoms with Crippen LogP contribution in [0.3, 0.4) is 0 Å². The highest BCUT2D eigenvalue weighted by atomic mass is 35.5. The zero-order valence-corrected chi connectivity index (χ0v) is 25.5. The van der Waals surface area contributed by atoms with E-state index in [-0.39, 0.29) is 22.7 Å². The van der Waals surface area contributed by atoms with Gasteiger partial charge in [-0.3, -0.25) is 9.10 Å². The first-order chi connectivity index (χ1) is 21.3. The van der Waals surface area contributed by atoms with Crippen molar-refractivity contribution in [2.75, 3.05) is 4.31 Å². The summed E-state index contributed by atoms with van der Waals surface area (Å²) in [5, 5.41) is 4.70. The summed E-state index contributed by atoms with van der Waals surface area (Å²) in [5.41, 5.74) is 6.22. The van der Waals surface area contributed by atoms with Crippen molar-refractivity contribution in [2.24, 2.45) is 5.10 Å². The Morgan fingerprint density at radius 3 is 2.23 bits per heavy atom. The number of rotatable bonds is 11. The van der Waals surface area contributed by atoms with Crippen molar-refractivity contribution in [1.82, 2.24) is 5.43 Å². The van der Waals surface area contributed by atoms with E-state index in [4.69, 9.17) is 16.3 Å². The number of para-hydroxylation sites is 2. The third kappa shape index (κ3) is 7.53. The van der Waals surface area contributed by atoms with Gasteiger partial charge in [-0.25, -0.2) is 13.8 Å². The van der Waals surface area contributed by atoms with E-state index in [1.807, 2.05) is 61.5 Å². The predicted octanol–water partition coefficient (Wildman–Crippen LogP) is 7.39. The minimum atomic E-state index is -4.07. The normalized spacial score (nSPS) is 11.3. The molecular formula is C35H30ClN3O4S. The van der Waals surface area contributed by atoms with Crippen molar-refractivity contribution < 1.29 is 17.9 Å². The number of hydrazone groups is 1. The van der Waals surface area contributed by atoms with Crippen LogP contribution in [0, 0.1) is 6.92 Å². The summed E-state index contributed by atoms with van der Waals surface area (Å²) >= 11 is 6.07. The predicted molar refractivity (Wildman–Crippen MR) is 175 cm³/mol. The molecule has 0 aromatic heterocycles. The van der Waals surface area contributed by atoms with Gasteiger partial charge in [-0.1, -0.05) is 96.0 Å². The summed E-state index contributed by atoms with van der Waals surface area (Å²) in [6.45, 7) is 2.24. The van der Waals surface area contributed by atoms with Gasteiger partial charge in [0.05, 0.1) is 28.9 Å². The maximum Gasteiger partial charge on any atom is 0.273 e. The monoisotopic (exact) mass is 623 g/mol. The molecule has 0 aliphatic heterocycles. The van der Waals surface area contributed by atoms with Gasteiger partial charge >= 0.3 is 0 Å². The lowest BCUT2D eigenvalue weighted by atomic mass is 10.1. The quantitative estimate of drug-likeness (QED) is 0.123. The minimum absolute atomic E-state index is 0.0208. The van der Waals surface area contributed by atoms with Crippen LogP contribution >= 0.6 is 11.6 Å². The third-order valence-corrected chi connectivity index (χ3v) is 8.82. The molecule has 5 aromatic carbocycles. The first kappa shape index (κ1) is 30.5. The van der Waals surface area contributed by atoms with Crippen LogP contribution in [0.2, 0.25) is 5.02 Å². The Morgan fingerprint density at radius 2 is 1.48 bits per heavy atom. The number of hydrogen-bond acceptors (Lipinski definition) is 5. The molecule has 0 spiro atoms. The fourth-order valence-corrected chi connectivity index (χ4v) is 6.05. The number of carbonyl (C=O) groups is 1. The van der Waals surface area contributed by atoms with Crippen LogP contribution in [-0.2, 0) is 23.2 Å². The number of halogens is 1. The summed E-state index contributed by atoms with van der Waals surface area (Å²) in [4.78, 5) is 13.6. The molecule has 0 aliphatic carbocycles. The molecule has 222 valence electrons. The summed E-state index contributed by atoms with van der Waals surface area (Å²) < 4.78 is 35.2. The Bertz CT molecular complexity index is 1860. The topological polar surface area (TPSA) is 88.1 Å². The molecule has 0 heterocycles. The number of nitrogens with zero attached hydrogens (tertiary/aromatic N) is 2. The number of ether oxygens (including phenoxy) is 1. The Balaban J connectivity index is 1.41. The fourth-order valence-electron chi connectivity index (χ4n) is 4.45. The number of amides is 1. The number of hydrogen-bond donors (Lipinski definition) is 1. The lowest BCUT2D eigenvalue weighted by Crippen LogP contribution is -2.33. The smallest absolute Gasteiger partial charge is 0.273 e. The first-order valence-corrected chi connectivity index (χ1v) is 15.6. The van der Waals surface area contributed by atoms with Crippen LogP contribution in [0.4, 0.5) is 5.69 Å². The van der Waals surface area contributed by atoms with Gasteiger partial charge < -0.3 is 4.74 Å². The average molecular weight is 624 g/mol. The Labute approximate surface area is 262 Å². The van der Waals surface area contributed by atoms with Gasteiger partial charge in [0, 0.05) is 10.6 Å². The largest absolute Gasteiger partial charge is 0.488 e. The molecule has 9 heteroatoms. The lowest BCUT2D eigenvalue weighted by Gasteiger charge is -2.26. The second kappa shape index (κ2) is 14.0. The molecule has 1 amide bonds. The summed E-state index contributed by atoms with van der Waals surface area (Å²) in [7, 11) is -4.07. The molecule has 5 aromatic rings. The zero-order valence-electron chi connectivity index (χ0n) is 23.9. The van der Waals surface area contributed by atoms with Gasteiger partial charge in [0.2, 0.25) is 0 Å². The highest BCUT2D eigenvalue weighted by molar-refractivity contribution is 7.92. The molecular weight excluding hydrogens is 594 g/mol. The summed E-state index contributed by atoms with van der Waals surface area (Å²) in [5.74, 6) is 0.0350. The Kier molecular flexibility index (Phi) is 9.74. The molecule has 0 saturated heterocycles. The van der Waals surface area contributed by atoms with E-state index < -0.39 is 15.9 Å². The first-order valence-electron chi connectivity index (χ1n) is 13.8. The molecule has 7 nitrogen and oxygen atoms in total. The number of benzene rings is 5. The third-order valence-electron chi connectivity index (χ3n) is 6.79. The molecule has 0 saturated carbocycles. The maximum absolute atomic E-state index is 14.0. The number of nitrogens with one attached hydrogen (secondary N) is 1. The van der Waals surface area contributed by atoms with E-state index in [1.54, 1.807) is 72.8 Å². The molecule has 0 aliphatic rings. The summed E-state index contributed by atoms with van der Waals surface area (Å²) in [6, 6.07) is 37.2. The van der Waals surface area contributed by atoms with Gasteiger partial charge in [0.25, 0.3) is 15.9 Å². The van der Waals surface area contributed by atoms with Crippen LogP contribution in [0.1, 0.15) is 32.6 Å². The molecule has 0 fully saturated rings. The van der Waals surface area contributed by atoms with Gasteiger partial charge in [-0.15, -0.1) is 0 Å². The number of aryl methyl sites for hydroxylation is 1. The zero-order chi connectivity index (χ0) is 30.9. The van der Waals surface area contributed by atoms with Crippen molar-refractivity contribution in [3.8, 4) is 5.75 Å². The lowest BCUT2D eigenvalue weighted by molar-refractivity contribution is 0.0955. The Morgan fingerprint density at radius 1 is 0.818 bits per heavy atom. The highest BCUT2D eigenvalue weighted by Crippen LogP contribution is 2.30. The number of anilines is 1. The van der Waals surface area contributed by atoms with Crippen LogP contribution in [0.15, 0.2) is 137 Å². The molecule has 0 radical (unpaired) electrons. The Hall–Kier alpha value is -4.92. The van der Waals surface area contributed by atoms with Crippen LogP contribution in [-0.4, -0.2) is 20.5 Å². The molecule has 1 N–H and O–H groups in total. The number of sulfonamides is 1. The van der Waals surface area contributed by atoms with Crippen molar-refractivity contribution in [1.29, 1.82) is 0 Å². The van der Waals surface area contributed by atoms with Crippen molar-refractivity contribution >= 4 is 39.4 Å². The van der Waals surface area contributed by atoms with E-state index in [1.165, 1.54) is 10.5 Å². The average Bonchev–Trinajstić information content (AvgIpc) is 3.04. The van der Waals surface area contributed by atoms with Crippen LogP contribution in [0.25, 0.3) is 0 Å². The van der Waals surface area contributed by atoms with Gasteiger partial charge in [0.1, 0.15) is 12.4 Å². The molecule has 44 heavy (non-hydrogen) atoms. The molecule has 5 rings (SSSR count). The SMILES string of the molecule is Cc1ccc(S(=O)(=O)N(Cc2ccc(Cl)cc2)c2ccccc2C(=O)N/N=C/c2ccccc2OCc2ccccc2)cc1. The van der Waals surface area contributed by atoms with E-state index in [0.29, 0.717) is 28.5 Å². The second-order valence-corrected chi connectivity index (χ2v) is 12.3. The molecule has 0 atom stereocenters. The van der Waals surface area contributed by atoms with Crippen LogP contribution < -0.4 is 14.5 Å². The standard InChI is InChI=1S/C35H30ClN3O4S/c1-26-15-21-31(22-16-26)44(41,42)39(24-27-17-19-30(36)20-18-27)33-13-7-6-12-32(33)35(40)38-37-23-29-11-5-8-14-34(29)43-25-28-9-3-2-4-10-28/h2-23H,24-25H2,1H3,(H,38,40)/b37-23+. The van der Waals surface area contributed by atoms with E-state index in [0.717, 1.165) is 11.1 Å².